The minimum Gasteiger partial charge on any atom is -0.507 e. The SMILES string of the molecule is CC.CC.CSc1ccccc1C1C=C(C)C(O)=C(c2c3c(c(-c4cc5ccccc5c5ccccc45)c4ccccc24)CCC=C3)C1. The second-order valence-corrected chi connectivity index (χ2v) is 12.9. The maximum Gasteiger partial charge on any atom is 0.122 e. The predicted molar refractivity (Wildman–Crippen MR) is 213 cm³/mol. The molecule has 6 aromatic carbocycles. The van der Waals surface area contributed by atoms with Crippen LogP contribution in [0.3, 0.4) is 0 Å². The van der Waals surface area contributed by atoms with Gasteiger partial charge in [-0.3, -0.25) is 0 Å². The van der Waals surface area contributed by atoms with Crippen LogP contribution in [0.25, 0.3) is 55.1 Å². The summed E-state index contributed by atoms with van der Waals surface area (Å²) in [6.07, 6.45) is 11.8. The van der Waals surface area contributed by atoms with Crippen LogP contribution in [0.2, 0.25) is 0 Å². The fourth-order valence-corrected chi connectivity index (χ4v) is 8.34. The Bertz CT molecular complexity index is 2210. The minimum atomic E-state index is 0.204. The topological polar surface area (TPSA) is 20.2 Å². The molecule has 0 fully saturated rings. The largest absolute Gasteiger partial charge is 0.507 e. The van der Waals surface area contributed by atoms with Gasteiger partial charge in [0, 0.05) is 16.4 Å². The van der Waals surface area contributed by atoms with Crippen molar-refractivity contribution in [2.24, 2.45) is 0 Å². The van der Waals surface area contributed by atoms with E-state index in [1.165, 1.54) is 70.6 Å². The number of fused-ring (bicyclic) bond motifs is 5. The molecule has 0 heterocycles. The van der Waals surface area contributed by atoms with Crippen LogP contribution in [0.1, 0.15) is 75.6 Å². The van der Waals surface area contributed by atoms with Crippen LogP contribution < -0.4 is 0 Å². The average molecular weight is 647 g/mol. The summed E-state index contributed by atoms with van der Waals surface area (Å²) < 4.78 is 0. The monoisotopic (exact) mass is 646 g/mol. The Morgan fingerprint density at radius 1 is 0.688 bits per heavy atom. The number of allylic oxidation sites excluding steroid dienone is 4. The normalized spacial score (nSPS) is 15.4. The highest BCUT2D eigenvalue weighted by Crippen LogP contribution is 2.49. The quantitative estimate of drug-likeness (QED) is 0.152. The van der Waals surface area contributed by atoms with Gasteiger partial charge in [0.25, 0.3) is 0 Å². The van der Waals surface area contributed by atoms with Gasteiger partial charge in [-0.05, 0) is 116 Å². The lowest BCUT2D eigenvalue weighted by molar-refractivity contribution is 0.420. The molecule has 6 aromatic rings. The molecule has 1 atom stereocenters. The summed E-state index contributed by atoms with van der Waals surface area (Å²) in [5.74, 6) is 0.633. The van der Waals surface area contributed by atoms with Crippen LogP contribution in [-0.4, -0.2) is 11.4 Å². The van der Waals surface area contributed by atoms with E-state index >= 15 is 0 Å². The van der Waals surface area contributed by atoms with Crippen molar-refractivity contribution in [3.8, 4) is 11.1 Å². The van der Waals surface area contributed by atoms with Crippen LogP contribution >= 0.6 is 11.8 Å². The number of thioether (sulfide) groups is 1. The summed E-state index contributed by atoms with van der Waals surface area (Å²) in [6, 6.07) is 37.6. The summed E-state index contributed by atoms with van der Waals surface area (Å²) >= 11 is 1.80. The first kappa shape index (κ1) is 33.4. The number of hydrogen-bond acceptors (Lipinski definition) is 2. The van der Waals surface area contributed by atoms with E-state index in [0.717, 1.165) is 30.4 Å². The van der Waals surface area contributed by atoms with Crippen molar-refractivity contribution in [1.29, 1.82) is 0 Å². The van der Waals surface area contributed by atoms with Gasteiger partial charge in [0.1, 0.15) is 5.76 Å². The maximum absolute atomic E-state index is 11.8. The molecule has 0 aliphatic heterocycles. The first-order valence-corrected chi connectivity index (χ1v) is 18.8. The third-order valence-electron chi connectivity index (χ3n) is 9.62. The number of benzene rings is 6. The van der Waals surface area contributed by atoms with E-state index in [4.69, 9.17) is 0 Å². The van der Waals surface area contributed by atoms with E-state index in [0.29, 0.717) is 5.76 Å². The van der Waals surface area contributed by atoms with Crippen LogP contribution in [0.5, 0.6) is 0 Å². The predicted octanol–water partition coefficient (Wildman–Crippen LogP) is 13.9. The van der Waals surface area contributed by atoms with Gasteiger partial charge in [-0.15, -0.1) is 11.8 Å². The van der Waals surface area contributed by atoms with E-state index in [2.05, 4.69) is 135 Å². The van der Waals surface area contributed by atoms with Gasteiger partial charge in [-0.2, -0.15) is 0 Å². The number of aliphatic hydroxyl groups excluding tert-OH is 1. The third-order valence-corrected chi connectivity index (χ3v) is 10.4. The summed E-state index contributed by atoms with van der Waals surface area (Å²) in [6.45, 7) is 10.1. The van der Waals surface area contributed by atoms with Gasteiger partial charge in [-0.1, -0.05) is 137 Å². The van der Waals surface area contributed by atoms with Crippen molar-refractivity contribution in [1.82, 2.24) is 0 Å². The van der Waals surface area contributed by atoms with Crippen molar-refractivity contribution >= 4 is 55.7 Å². The van der Waals surface area contributed by atoms with Crippen molar-refractivity contribution in [2.45, 2.75) is 64.7 Å². The number of hydrogen-bond donors (Lipinski definition) is 1. The molecule has 1 nitrogen and oxygen atoms in total. The van der Waals surface area contributed by atoms with Crippen molar-refractivity contribution in [3.63, 3.8) is 0 Å². The van der Waals surface area contributed by atoms with Crippen LogP contribution in [0, 0.1) is 0 Å². The fraction of sp³-hybridized carbons (Fsp3) is 0.217. The fourth-order valence-electron chi connectivity index (χ4n) is 7.67. The Kier molecular flexibility index (Phi) is 10.2. The standard InChI is InChI=1S/C42H34OS.2C2H6/c1-26-23-28(30-15-11-12-22-39(30)44-2)25-38(42(26)43)41-35-20-9-7-18-33(35)40(34-19-8-10-21-36(34)41)37-24-27-13-3-4-14-29(27)31-16-5-6-17-32(31)37;2*1-2/h3-7,9-18,20-24,28,43H,8,19,25H2,1-2H3;2*1-2H3. The zero-order valence-electron chi connectivity index (χ0n) is 29.1. The van der Waals surface area contributed by atoms with Crippen molar-refractivity contribution < 1.29 is 5.11 Å². The molecule has 2 aliphatic rings. The van der Waals surface area contributed by atoms with Gasteiger partial charge >= 0.3 is 0 Å². The van der Waals surface area contributed by atoms with E-state index in [9.17, 15) is 5.11 Å². The smallest absolute Gasteiger partial charge is 0.122 e. The summed E-state index contributed by atoms with van der Waals surface area (Å²) in [5.41, 5.74) is 9.80. The molecule has 2 aliphatic carbocycles. The Labute approximate surface area is 290 Å². The summed E-state index contributed by atoms with van der Waals surface area (Å²) in [5, 5.41) is 19.4. The summed E-state index contributed by atoms with van der Waals surface area (Å²) in [7, 11) is 0. The van der Waals surface area contributed by atoms with E-state index in [-0.39, 0.29) is 5.92 Å². The molecule has 0 amide bonds. The van der Waals surface area contributed by atoms with E-state index < -0.39 is 0 Å². The zero-order valence-corrected chi connectivity index (χ0v) is 29.9. The number of aliphatic hydroxyl groups is 1. The highest BCUT2D eigenvalue weighted by Gasteiger charge is 2.29. The zero-order chi connectivity index (χ0) is 33.8. The van der Waals surface area contributed by atoms with E-state index in [1.54, 1.807) is 11.8 Å². The first-order valence-electron chi connectivity index (χ1n) is 17.5. The van der Waals surface area contributed by atoms with E-state index in [1.807, 2.05) is 27.7 Å². The molecule has 0 spiro atoms. The lowest BCUT2D eigenvalue weighted by Gasteiger charge is -2.29. The molecular formula is C46H46OS. The van der Waals surface area contributed by atoms with Crippen LogP contribution in [0.4, 0.5) is 0 Å². The Morgan fingerprint density at radius 2 is 1.29 bits per heavy atom. The molecule has 8 rings (SSSR count). The first-order chi connectivity index (χ1) is 23.6. The van der Waals surface area contributed by atoms with Gasteiger partial charge in [0.05, 0.1) is 0 Å². The van der Waals surface area contributed by atoms with Crippen molar-refractivity contribution in [3.05, 3.63) is 149 Å². The molecule has 0 bridgehead atoms. The molecule has 2 heteroatoms. The van der Waals surface area contributed by atoms with Gasteiger partial charge in [-0.25, -0.2) is 0 Å². The van der Waals surface area contributed by atoms with Gasteiger partial charge < -0.3 is 5.11 Å². The lowest BCUT2D eigenvalue weighted by Crippen LogP contribution is -2.11. The summed E-state index contributed by atoms with van der Waals surface area (Å²) in [4.78, 5) is 1.30. The Morgan fingerprint density at radius 3 is 2.02 bits per heavy atom. The average Bonchev–Trinajstić information content (AvgIpc) is 3.16. The highest BCUT2D eigenvalue weighted by atomic mass is 32.2. The molecule has 48 heavy (non-hydrogen) atoms. The van der Waals surface area contributed by atoms with Crippen LogP contribution in [0.15, 0.2) is 132 Å². The lowest BCUT2D eigenvalue weighted by atomic mass is 9.75. The number of rotatable bonds is 4. The second kappa shape index (κ2) is 14.7. The molecule has 1 unspecified atom stereocenters. The Hall–Kier alpha value is -4.53. The minimum absolute atomic E-state index is 0.204. The molecular weight excluding hydrogens is 601 g/mol. The molecule has 0 saturated carbocycles. The molecule has 0 aromatic heterocycles. The second-order valence-electron chi connectivity index (χ2n) is 12.0. The molecule has 1 N–H and O–H groups in total. The highest BCUT2D eigenvalue weighted by molar-refractivity contribution is 7.98. The van der Waals surface area contributed by atoms with Gasteiger partial charge in [0.2, 0.25) is 0 Å². The molecule has 242 valence electrons. The third kappa shape index (κ3) is 5.77. The molecule has 0 radical (unpaired) electrons. The van der Waals surface area contributed by atoms with Crippen LogP contribution in [-0.2, 0) is 6.42 Å². The Balaban J connectivity index is 0.000000969. The van der Waals surface area contributed by atoms with Gasteiger partial charge in [0.15, 0.2) is 0 Å². The maximum atomic E-state index is 11.8. The molecule has 0 saturated heterocycles. The van der Waals surface area contributed by atoms with Crippen molar-refractivity contribution in [2.75, 3.05) is 6.26 Å².